The molecule has 23 heavy (non-hydrogen) atoms. The molecule has 0 spiro atoms. The Morgan fingerprint density at radius 2 is 1.87 bits per heavy atom. The summed E-state index contributed by atoms with van der Waals surface area (Å²) in [5.74, 6) is 0. The van der Waals surface area contributed by atoms with E-state index in [2.05, 4.69) is 36.8 Å². The Morgan fingerprint density at radius 1 is 1.04 bits per heavy atom. The molecule has 0 saturated heterocycles. The number of carbonyl (C=O) groups is 1. The van der Waals surface area contributed by atoms with E-state index in [4.69, 9.17) is 0 Å². The first kappa shape index (κ1) is 15.6. The normalized spacial score (nSPS) is 10.3. The molecule has 116 valence electrons. The number of para-hydroxylation sites is 1. The summed E-state index contributed by atoms with van der Waals surface area (Å²) in [5, 5.41) is 14.9. The maximum atomic E-state index is 11.9. The molecular weight excluding hydrogens is 376 g/mol. The second-order valence-electron chi connectivity index (χ2n) is 4.75. The van der Waals surface area contributed by atoms with Crippen LogP contribution in [-0.4, -0.2) is 16.2 Å². The van der Waals surface area contributed by atoms with E-state index in [9.17, 15) is 4.79 Å². The van der Waals surface area contributed by atoms with Crippen LogP contribution < -0.4 is 10.6 Å². The Morgan fingerprint density at radius 3 is 2.65 bits per heavy atom. The molecule has 2 aromatic carbocycles. The van der Waals surface area contributed by atoms with E-state index in [0.717, 1.165) is 20.7 Å². The number of hydrogen-bond acceptors (Lipinski definition) is 4. The molecule has 0 aliphatic carbocycles. The van der Waals surface area contributed by atoms with Gasteiger partial charge in [-0.15, -0.1) is 10.2 Å². The van der Waals surface area contributed by atoms with E-state index in [1.807, 2.05) is 54.6 Å². The number of rotatable bonds is 4. The summed E-state index contributed by atoms with van der Waals surface area (Å²) in [7, 11) is 0. The summed E-state index contributed by atoms with van der Waals surface area (Å²) in [4.78, 5) is 11.9. The number of nitrogens with zero attached hydrogens (tertiary/aromatic N) is 2. The lowest BCUT2D eigenvalue weighted by molar-refractivity contribution is 0.262. The van der Waals surface area contributed by atoms with Crippen LogP contribution >= 0.6 is 27.3 Å². The van der Waals surface area contributed by atoms with Crippen molar-refractivity contribution in [2.75, 3.05) is 10.6 Å². The lowest BCUT2D eigenvalue weighted by Gasteiger charge is -2.03. The third kappa shape index (κ3) is 4.61. The zero-order valence-electron chi connectivity index (χ0n) is 12.0. The van der Waals surface area contributed by atoms with Crippen LogP contribution in [-0.2, 0) is 6.42 Å². The molecule has 0 aliphatic rings. The Kier molecular flexibility index (Phi) is 4.99. The van der Waals surface area contributed by atoms with E-state index < -0.39 is 0 Å². The number of nitrogens with one attached hydrogen (secondary N) is 2. The van der Waals surface area contributed by atoms with Gasteiger partial charge in [0.1, 0.15) is 5.01 Å². The molecule has 0 unspecified atom stereocenters. The molecule has 2 N–H and O–H groups in total. The number of urea groups is 1. The number of carbonyl (C=O) groups excluding carboxylic acids is 1. The highest BCUT2D eigenvalue weighted by Gasteiger charge is 2.09. The van der Waals surface area contributed by atoms with Crippen molar-refractivity contribution in [2.24, 2.45) is 0 Å². The summed E-state index contributed by atoms with van der Waals surface area (Å²) in [6, 6.07) is 16.9. The summed E-state index contributed by atoms with van der Waals surface area (Å²) in [6.07, 6.45) is 0.680. The van der Waals surface area contributed by atoms with Crippen LogP contribution in [0.25, 0.3) is 0 Å². The summed E-state index contributed by atoms with van der Waals surface area (Å²) in [5.41, 5.74) is 1.86. The van der Waals surface area contributed by atoms with Gasteiger partial charge in [-0.05, 0) is 29.8 Å². The number of amides is 2. The maximum Gasteiger partial charge on any atom is 0.325 e. The van der Waals surface area contributed by atoms with Gasteiger partial charge in [0.2, 0.25) is 5.13 Å². The minimum absolute atomic E-state index is 0.332. The average molecular weight is 389 g/mol. The van der Waals surface area contributed by atoms with Crippen molar-refractivity contribution in [3.63, 3.8) is 0 Å². The minimum atomic E-state index is -0.332. The second-order valence-corrected chi connectivity index (χ2v) is 6.73. The molecule has 0 aliphatic heterocycles. The van der Waals surface area contributed by atoms with Gasteiger partial charge in [0.25, 0.3) is 0 Å². The van der Waals surface area contributed by atoms with Gasteiger partial charge >= 0.3 is 6.03 Å². The molecule has 0 atom stereocenters. The Balaban J connectivity index is 1.60. The van der Waals surface area contributed by atoms with Crippen molar-refractivity contribution in [1.29, 1.82) is 0 Å². The highest BCUT2D eigenvalue weighted by atomic mass is 79.9. The molecule has 0 radical (unpaired) electrons. The minimum Gasteiger partial charge on any atom is -0.308 e. The van der Waals surface area contributed by atoms with E-state index in [1.165, 1.54) is 11.3 Å². The Hall–Kier alpha value is -2.25. The highest BCUT2D eigenvalue weighted by molar-refractivity contribution is 9.10. The van der Waals surface area contributed by atoms with E-state index in [0.29, 0.717) is 11.6 Å². The first-order chi connectivity index (χ1) is 11.2. The fourth-order valence-corrected chi connectivity index (χ4v) is 3.19. The van der Waals surface area contributed by atoms with Gasteiger partial charge < -0.3 is 5.32 Å². The lowest BCUT2D eigenvalue weighted by atomic mass is 10.2. The summed E-state index contributed by atoms with van der Waals surface area (Å²) >= 11 is 4.81. The molecule has 3 aromatic rings. The molecule has 3 rings (SSSR count). The molecule has 5 nitrogen and oxygen atoms in total. The lowest BCUT2D eigenvalue weighted by Crippen LogP contribution is -2.19. The maximum absolute atomic E-state index is 11.9. The van der Waals surface area contributed by atoms with Gasteiger partial charge in [0.15, 0.2) is 0 Å². The van der Waals surface area contributed by atoms with Gasteiger partial charge in [-0.1, -0.05) is 57.6 Å². The Bertz CT molecular complexity index is 807. The van der Waals surface area contributed by atoms with Crippen LogP contribution in [0, 0.1) is 0 Å². The van der Waals surface area contributed by atoms with Crippen LogP contribution in [0.15, 0.2) is 59.1 Å². The molecule has 1 aromatic heterocycles. The highest BCUT2D eigenvalue weighted by Crippen LogP contribution is 2.20. The fraction of sp³-hybridized carbons (Fsp3) is 0.0625. The van der Waals surface area contributed by atoms with Crippen molar-refractivity contribution in [1.82, 2.24) is 10.2 Å². The number of benzene rings is 2. The summed E-state index contributed by atoms with van der Waals surface area (Å²) in [6.45, 7) is 0. The van der Waals surface area contributed by atoms with E-state index >= 15 is 0 Å². The molecule has 0 fully saturated rings. The van der Waals surface area contributed by atoms with Crippen LogP contribution in [0.4, 0.5) is 15.6 Å². The zero-order chi connectivity index (χ0) is 16.1. The molecule has 7 heteroatoms. The number of anilines is 2. The zero-order valence-corrected chi connectivity index (χ0v) is 14.4. The molecule has 0 bridgehead atoms. The molecule has 0 saturated carbocycles. The van der Waals surface area contributed by atoms with E-state index in [-0.39, 0.29) is 6.03 Å². The number of halogens is 1. The van der Waals surface area contributed by atoms with Crippen LogP contribution in [0.2, 0.25) is 0 Å². The number of hydrogen-bond donors (Lipinski definition) is 2. The largest absolute Gasteiger partial charge is 0.325 e. The third-order valence-electron chi connectivity index (χ3n) is 2.96. The second kappa shape index (κ2) is 7.34. The van der Waals surface area contributed by atoms with E-state index in [1.54, 1.807) is 0 Å². The SMILES string of the molecule is O=C(Nc1ccccc1)Nc1nnc(Cc2cccc(Br)c2)s1. The first-order valence-corrected chi connectivity index (χ1v) is 8.50. The van der Waals surface area contributed by atoms with Crippen molar-refractivity contribution < 1.29 is 4.79 Å². The van der Waals surface area contributed by atoms with Gasteiger partial charge in [0.05, 0.1) is 0 Å². The predicted molar refractivity (Wildman–Crippen MR) is 95.9 cm³/mol. The van der Waals surface area contributed by atoms with Crippen molar-refractivity contribution in [3.05, 3.63) is 69.6 Å². The molecule has 2 amide bonds. The smallest absolute Gasteiger partial charge is 0.308 e. The van der Waals surface area contributed by atoms with Crippen LogP contribution in [0.1, 0.15) is 10.6 Å². The Labute approximate surface area is 145 Å². The van der Waals surface area contributed by atoms with Gasteiger partial charge in [-0.25, -0.2) is 4.79 Å². The van der Waals surface area contributed by atoms with Crippen molar-refractivity contribution in [2.45, 2.75) is 6.42 Å². The van der Waals surface area contributed by atoms with Crippen molar-refractivity contribution in [3.8, 4) is 0 Å². The standard InChI is InChI=1S/C16H13BrN4OS/c17-12-6-4-5-11(9-12)10-14-20-21-16(23-14)19-15(22)18-13-7-2-1-3-8-13/h1-9H,10H2,(H2,18,19,21,22). The molecule has 1 heterocycles. The summed E-state index contributed by atoms with van der Waals surface area (Å²) < 4.78 is 1.03. The topological polar surface area (TPSA) is 66.9 Å². The third-order valence-corrected chi connectivity index (χ3v) is 4.30. The van der Waals surface area contributed by atoms with Crippen LogP contribution in [0.5, 0.6) is 0 Å². The first-order valence-electron chi connectivity index (χ1n) is 6.89. The predicted octanol–water partition coefficient (Wildman–Crippen LogP) is 4.54. The van der Waals surface area contributed by atoms with Gasteiger partial charge in [-0.3, -0.25) is 5.32 Å². The average Bonchev–Trinajstić information content (AvgIpc) is 2.95. The fourth-order valence-electron chi connectivity index (χ4n) is 1.98. The number of aromatic nitrogens is 2. The van der Waals surface area contributed by atoms with Crippen molar-refractivity contribution >= 4 is 44.1 Å². The van der Waals surface area contributed by atoms with Gasteiger partial charge in [0, 0.05) is 16.6 Å². The quantitative estimate of drug-likeness (QED) is 0.689. The monoisotopic (exact) mass is 388 g/mol. The van der Waals surface area contributed by atoms with Crippen LogP contribution in [0.3, 0.4) is 0 Å². The van der Waals surface area contributed by atoms with Gasteiger partial charge in [-0.2, -0.15) is 0 Å². The molecular formula is C16H13BrN4OS.